The number of halogens is 1. The molecular formula is C17H17FN2O4S2. The maximum Gasteiger partial charge on any atom is 0.309 e. The summed E-state index contributed by atoms with van der Waals surface area (Å²) < 4.78 is 39.0. The summed E-state index contributed by atoms with van der Waals surface area (Å²) in [5.74, 6) is -2.17. The molecule has 0 bridgehead atoms. The number of carbonyl (C=O) groups is 2. The monoisotopic (exact) mass is 396 g/mol. The number of carbonyl (C=O) groups excluding carboxylic acids is 2. The molecule has 9 heteroatoms. The first-order valence-electron chi connectivity index (χ1n) is 7.99. The molecule has 1 heterocycles. The minimum Gasteiger partial charge on any atom is -0.346 e. The van der Waals surface area contributed by atoms with E-state index in [-0.39, 0.29) is 17.5 Å². The van der Waals surface area contributed by atoms with Gasteiger partial charge in [0.1, 0.15) is 11.1 Å². The van der Waals surface area contributed by atoms with Crippen molar-refractivity contribution in [3.8, 4) is 0 Å². The van der Waals surface area contributed by atoms with Crippen molar-refractivity contribution in [2.24, 2.45) is 0 Å². The molecule has 2 N–H and O–H groups in total. The maximum atomic E-state index is 13.1. The van der Waals surface area contributed by atoms with Gasteiger partial charge in [0.25, 0.3) is 0 Å². The van der Waals surface area contributed by atoms with Gasteiger partial charge in [-0.2, -0.15) is 0 Å². The Kier molecular flexibility index (Phi) is 5.38. The van der Waals surface area contributed by atoms with Gasteiger partial charge in [-0.05, 0) is 48.6 Å². The quantitative estimate of drug-likeness (QED) is 0.575. The molecule has 2 amide bonds. The Morgan fingerprint density at radius 3 is 2.42 bits per heavy atom. The van der Waals surface area contributed by atoms with E-state index >= 15 is 0 Å². The van der Waals surface area contributed by atoms with Crippen LogP contribution in [0.25, 0.3) is 0 Å². The van der Waals surface area contributed by atoms with E-state index in [0.29, 0.717) is 4.88 Å². The van der Waals surface area contributed by atoms with E-state index in [0.717, 1.165) is 25.0 Å². The molecule has 1 atom stereocenters. The van der Waals surface area contributed by atoms with E-state index < -0.39 is 32.7 Å². The highest BCUT2D eigenvalue weighted by atomic mass is 32.2. The van der Waals surface area contributed by atoms with Crippen LogP contribution >= 0.6 is 11.3 Å². The van der Waals surface area contributed by atoms with Crippen molar-refractivity contribution in [2.45, 2.75) is 29.0 Å². The van der Waals surface area contributed by atoms with Gasteiger partial charge in [-0.1, -0.05) is 6.07 Å². The van der Waals surface area contributed by atoms with Gasteiger partial charge in [-0.15, -0.1) is 11.3 Å². The predicted molar refractivity (Wildman–Crippen MR) is 94.8 cm³/mol. The highest BCUT2D eigenvalue weighted by molar-refractivity contribution is 7.91. The van der Waals surface area contributed by atoms with Crippen LogP contribution in [-0.2, 0) is 19.4 Å². The Balaban J connectivity index is 1.78. The Morgan fingerprint density at radius 2 is 1.85 bits per heavy atom. The molecule has 0 spiro atoms. The fourth-order valence-corrected chi connectivity index (χ4v) is 5.15. The molecule has 1 aliphatic rings. The molecule has 0 saturated heterocycles. The lowest BCUT2D eigenvalue weighted by atomic mass is 10.3. The normalized spacial score (nSPS) is 15.3. The molecule has 2 aromatic rings. The van der Waals surface area contributed by atoms with Crippen LogP contribution in [0.5, 0.6) is 0 Å². The molecule has 1 fully saturated rings. The third kappa shape index (κ3) is 4.28. The van der Waals surface area contributed by atoms with E-state index in [4.69, 9.17) is 0 Å². The number of benzene rings is 1. The summed E-state index contributed by atoms with van der Waals surface area (Å²) >= 11 is 1.23. The number of amides is 2. The Hall–Kier alpha value is -2.26. The minimum absolute atomic E-state index is 0.0318. The van der Waals surface area contributed by atoms with E-state index in [1.807, 2.05) is 0 Å². The fraction of sp³-hybridized carbons (Fsp3) is 0.294. The molecule has 138 valence electrons. The van der Waals surface area contributed by atoms with Crippen LogP contribution in [0.4, 0.5) is 4.39 Å². The van der Waals surface area contributed by atoms with Crippen molar-refractivity contribution >= 4 is 33.0 Å². The summed E-state index contributed by atoms with van der Waals surface area (Å²) in [6.45, 7) is -0.253. The lowest BCUT2D eigenvalue weighted by Gasteiger charge is -2.17. The van der Waals surface area contributed by atoms with Gasteiger partial charge in [0.2, 0.25) is 0 Å². The number of rotatable bonds is 6. The van der Waals surface area contributed by atoms with Crippen LogP contribution in [0.3, 0.4) is 0 Å². The second-order valence-corrected chi connectivity index (χ2v) is 9.07. The number of hydrogen-bond acceptors (Lipinski definition) is 5. The number of hydrogen-bond donors (Lipinski definition) is 2. The molecule has 1 unspecified atom stereocenters. The standard InChI is InChI=1S/C17H17FN2O4S2/c18-11-3-7-13(8-4-11)26(23,24)15(14-2-1-9-25-14)10-19-16(21)17(22)20-12-5-6-12/h1-4,7-9,12,15H,5-6,10H2,(H,19,21)(H,20,22). The van der Waals surface area contributed by atoms with E-state index in [2.05, 4.69) is 10.6 Å². The summed E-state index contributed by atoms with van der Waals surface area (Å²) in [5.41, 5.74) is 0. The molecule has 1 aromatic heterocycles. The van der Waals surface area contributed by atoms with Crippen molar-refractivity contribution in [3.05, 3.63) is 52.5 Å². The van der Waals surface area contributed by atoms with Gasteiger partial charge in [0.15, 0.2) is 9.84 Å². The van der Waals surface area contributed by atoms with Crippen molar-refractivity contribution in [3.63, 3.8) is 0 Å². The van der Waals surface area contributed by atoms with Crippen molar-refractivity contribution < 1.29 is 22.4 Å². The number of thiophene rings is 1. The van der Waals surface area contributed by atoms with Crippen LogP contribution in [0.15, 0.2) is 46.7 Å². The molecule has 1 aromatic carbocycles. The predicted octanol–water partition coefficient (Wildman–Crippen LogP) is 1.80. The lowest BCUT2D eigenvalue weighted by Crippen LogP contribution is -2.42. The molecule has 0 aliphatic heterocycles. The topological polar surface area (TPSA) is 92.3 Å². The smallest absolute Gasteiger partial charge is 0.309 e. The van der Waals surface area contributed by atoms with Gasteiger partial charge in [0.05, 0.1) is 4.90 Å². The summed E-state index contributed by atoms with van der Waals surface area (Å²) in [6, 6.07) is 7.89. The number of nitrogens with one attached hydrogen (secondary N) is 2. The Bertz CT molecular complexity index is 891. The van der Waals surface area contributed by atoms with Crippen LogP contribution < -0.4 is 10.6 Å². The van der Waals surface area contributed by atoms with Gasteiger partial charge < -0.3 is 10.6 Å². The van der Waals surface area contributed by atoms with Crippen molar-refractivity contribution in [1.82, 2.24) is 10.6 Å². The first-order valence-corrected chi connectivity index (χ1v) is 10.4. The van der Waals surface area contributed by atoms with Gasteiger partial charge in [-0.25, -0.2) is 12.8 Å². The van der Waals surface area contributed by atoms with E-state index in [1.54, 1.807) is 17.5 Å². The highest BCUT2D eigenvalue weighted by Gasteiger charge is 2.32. The molecule has 6 nitrogen and oxygen atoms in total. The maximum absolute atomic E-state index is 13.1. The summed E-state index contributed by atoms with van der Waals surface area (Å²) in [4.78, 5) is 24.1. The average Bonchev–Trinajstić information content (AvgIpc) is 3.26. The van der Waals surface area contributed by atoms with Crippen molar-refractivity contribution in [2.75, 3.05) is 6.54 Å². The third-order valence-corrected chi connectivity index (χ3v) is 7.18. The van der Waals surface area contributed by atoms with Crippen molar-refractivity contribution in [1.29, 1.82) is 0 Å². The molecule has 26 heavy (non-hydrogen) atoms. The number of sulfone groups is 1. The minimum atomic E-state index is -3.88. The molecular weight excluding hydrogens is 379 g/mol. The second kappa shape index (κ2) is 7.55. The largest absolute Gasteiger partial charge is 0.346 e. The first-order chi connectivity index (χ1) is 12.4. The van der Waals surface area contributed by atoms with Crippen LogP contribution in [0, 0.1) is 5.82 Å². The van der Waals surface area contributed by atoms with Crippen LogP contribution in [0.2, 0.25) is 0 Å². The third-order valence-electron chi connectivity index (χ3n) is 3.94. The SMILES string of the molecule is O=C(NCC(c1cccs1)S(=O)(=O)c1ccc(F)cc1)C(=O)NC1CC1. The van der Waals surface area contributed by atoms with Gasteiger partial charge >= 0.3 is 11.8 Å². The Morgan fingerprint density at radius 1 is 1.15 bits per heavy atom. The second-order valence-electron chi connectivity index (χ2n) is 5.96. The molecule has 1 saturated carbocycles. The zero-order chi connectivity index (χ0) is 18.7. The molecule has 0 radical (unpaired) electrons. The zero-order valence-corrected chi connectivity index (χ0v) is 15.3. The average molecular weight is 396 g/mol. The fourth-order valence-electron chi connectivity index (χ4n) is 2.37. The first kappa shape index (κ1) is 18.5. The zero-order valence-electron chi connectivity index (χ0n) is 13.6. The summed E-state index contributed by atoms with van der Waals surface area (Å²) in [5, 5.41) is 5.61. The lowest BCUT2D eigenvalue weighted by molar-refractivity contribution is -0.139. The molecule has 3 rings (SSSR count). The van der Waals surface area contributed by atoms with Crippen LogP contribution in [0.1, 0.15) is 23.0 Å². The highest BCUT2D eigenvalue weighted by Crippen LogP contribution is 2.31. The van der Waals surface area contributed by atoms with Crippen LogP contribution in [-0.4, -0.2) is 32.8 Å². The van der Waals surface area contributed by atoms with Gasteiger partial charge in [0, 0.05) is 17.5 Å². The molecule has 1 aliphatic carbocycles. The summed E-state index contributed by atoms with van der Waals surface area (Å²) in [7, 11) is -3.88. The summed E-state index contributed by atoms with van der Waals surface area (Å²) in [6.07, 6.45) is 1.69. The van der Waals surface area contributed by atoms with Gasteiger partial charge in [-0.3, -0.25) is 9.59 Å². The van der Waals surface area contributed by atoms with E-state index in [9.17, 15) is 22.4 Å². The Labute approximate surface area is 154 Å². The van der Waals surface area contributed by atoms with E-state index in [1.165, 1.54) is 23.5 Å².